The molecule has 1 atom stereocenters. The molecule has 0 spiro atoms. The van der Waals surface area contributed by atoms with Gasteiger partial charge < -0.3 is 11.1 Å². The third-order valence-electron chi connectivity index (χ3n) is 3.65. The van der Waals surface area contributed by atoms with E-state index in [-0.39, 0.29) is 23.6 Å². The molecule has 0 aromatic heterocycles. The molecule has 21 heavy (non-hydrogen) atoms. The van der Waals surface area contributed by atoms with E-state index in [0.29, 0.717) is 29.8 Å². The Morgan fingerprint density at radius 3 is 2.62 bits per heavy atom. The van der Waals surface area contributed by atoms with Crippen molar-refractivity contribution in [1.82, 2.24) is 4.90 Å². The molecule has 0 bridgehead atoms. The molecule has 0 saturated heterocycles. The molecule has 3 amide bonds. The van der Waals surface area contributed by atoms with Crippen LogP contribution >= 0.6 is 0 Å². The molecule has 3 N–H and O–H groups in total. The molecule has 1 unspecified atom stereocenters. The van der Waals surface area contributed by atoms with Gasteiger partial charge in [-0.1, -0.05) is 6.92 Å². The number of nitrogens with zero attached hydrogens (tertiary/aromatic N) is 1. The third-order valence-corrected chi connectivity index (χ3v) is 3.65. The normalized spacial score (nSPS) is 15.1. The molecule has 1 heterocycles. The van der Waals surface area contributed by atoms with Gasteiger partial charge in [0.2, 0.25) is 5.91 Å². The number of nitrogens with one attached hydrogen (secondary N) is 1. The van der Waals surface area contributed by atoms with Crippen LogP contribution in [0.4, 0.5) is 5.69 Å². The first kappa shape index (κ1) is 15.2. The molecule has 0 aliphatic carbocycles. The van der Waals surface area contributed by atoms with Crippen LogP contribution < -0.4 is 11.1 Å². The number of hydrogen-bond donors (Lipinski definition) is 2. The Labute approximate surface area is 123 Å². The molecule has 0 fully saturated rings. The lowest BCUT2D eigenvalue weighted by atomic mass is 10.0. The second-order valence-electron chi connectivity index (χ2n) is 5.25. The van der Waals surface area contributed by atoms with Gasteiger partial charge in [0.15, 0.2) is 0 Å². The summed E-state index contributed by atoms with van der Waals surface area (Å²) < 4.78 is 0. The van der Waals surface area contributed by atoms with E-state index in [0.717, 1.165) is 11.3 Å². The Kier molecular flexibility index (Phi) is 4.37. The number of nitrogens with two attached hydrogens (primary N) is 1. The first-order chi connectivity index (χ1) is 9.95. The Bertz CT molecular complexity index is 598. The molecular formula is C15H19N3O3. The third kappa shape index (κ3) is 2.95. The van der Waals surface area contributed by atoms with Crippen molar-refractivity contribution in [2.45, 2.75) is 19.8 Å². The summed E-state index contributed by atoms with van der Waals surface area (Å²) in [6, 6.07) is 4.75. The summed E-state index contributed by atoms with van der Waals surface area (Å²) >= 11 is 0. The van der Waals surface area contributed by atoms with Crippen LogP contribution in [0.5, 0.6) is 0 Å². The van der Waals surface area contributed by atoms with E-state index >= 15 is 0 Å². The zero-order valence-corrected chi connectivity index (χ0v) is 12.2. The molecule has 6 heteroatoms. The number of carbonyl (C=O) groups excluding carboxylic acids is 3. The number of benzene rings is 1. The summed E-state index contributed by atoms with van der Waals surface area (Å²) in [4.78, 5) is 36.8. The Morgan fingerprint density at radius 2 is 1.95 bits per heavy atom. The van der Waals surface area contributed by atoms with E-state index in [1.165, 1.54) is 7.05 Å². The second kappa shape index (κ2) is 6.05. The van der Waals surface area contributed by atoms with Gasteiger partial charge in [0.1, 0.15) is 0 Å². The first-order valence-electron chi connectivity index (χ1n) is 6.93. The average Bonchev–Trinajstić information content (AvgIpc) is 2.69. The highest BCUT2D eigenvalue weighted by Crippen LogP contribution is 2.25. The van der Waals surface area contributed by atoms with Crippen LogP contribution in [0.15, 0.2) is 18.2 Å². The van der Waals surface area contributed by atoms with Crippen molar-refractivity contribution in [1.29, 1.82) is 0 Å². The maximum Gasteiger partial charge on any atom is 0.261 e. The van der Waals surface area contributed by atoms with Crippen LogP contribution in [-0.4, -0.2) is 36.2 Å². The summed E-state index contributed by atoms with van der Waals surface area (Å²) in [5.74, 6) is -0.929. The molecule has 1 aromatic carbocycles. The van der Waals surface area contributed by atoms with Crippen molar-refractivity contribution in [3.63, 3.8) is 0 Å². The number of rotatable bonds is 5. The van der Waals surface area contributed by atoms with E-state index in [1.54, 1.807) is 18.2 Å². The van der Waals surface area contributed by atoms with Gasteiger partial charge in [0.05, 0.1) is 11.1 Å². The molecule has 0 radical (unpaired) electrons. The van der Waals surface area contributed by atoms with Crippen molar-refractivity contribution in [3.8, 4) is 0 Å². The summed E-state index contributed by atoms with van der Waals surface area (Å²) in [5.41, 5.74) is 6.65. The van der Waals surface area contributed by atoms with Crippen LogP contribution in [0.3, 0.4) is 0 Å². The van der Waals surface area contributed by atoms with E-state index in [1.807, 2.05) is 6.92 Å². The highest BCUT2D eigenvalue weighted by atomic mass is 16.2. The van der Waals surface area contributed by atoms with Gasteiger partial charge in [-0.3, -0.25) is 19.3 Å². The molecule has 6 nitrogen and oxygen atoms in total. The maximum atomic E-state index is 12.0. The lowest BCUT2D eigenvalue weighted by Gasteiger charge is -2.12. The van der Waals surface area contributed by atoms with Gasteiger partial charge in [-0.25, -0.2) is 0 Å². The van der Waals surface area contributed by atoms with Crippen molar-refractivity contribution in [2.24, 2.45) is 11.7 Å². The average molecular weight is 289 g/mol. The molecule has 112 valence electrons. The number of hydrogen-bond acceptors (Lipinski definition) is 4. The maximum absolute atomic E-state index is 12.0. The quantitative estimate of drug-likeness (QED) is 0.797. The van der Waals surface area contributed by atoms with Crippen molar-refractivity contribution in [2.75, 3.05) is 18.9 Å². The molecular weight excluding hydrogens is 270 g/mol. The Morgan fingerprint density at radius 1 is 1.29 bits per heavy atom. The topological polar surface area (TPSA) is 92.5 Å². The van der Waals surface area contributed by atoms with E-state index in [2.05, 4.69) is 5.32 Å². The predicted molar refractivity (Wildman–Crippen MR) is 78.9 cm³/mol. The number of amides is 3. The fourth-order valence-electron chi connectivity index (χ4n) is 2.26. The molecule has 1 aliphatic rings. The van der Waals surface area contributed by atoms with E-state index in [9.17, 15) is 14.4 Å². The smallest absolute Gasteiger partial charge is 0.261 e. The molecule has 1 aromatic rings. The second-order valence-corrected chi connectivity index (χ2v) is 5.25. The highest BCUT2D eigenvalue weighted by Gasteiger charge is 2.32. The Balaban J connectivity index is 2.12. The van der Waals surface area contributed by atoms with Gasteiger partial charge >= 0.3 is 0 Å². The summed E-state index contributed by atoms with van der Waals surface area (Å²) in [6.45, 7) is 2.39. The van der Waals surface area contributed by atoms with Crippen molar-refractivity contribution < 1.29 is 14.4 Å². The van der Waals surface area contributed by atoms with Crippen LogP contribution in [0, 0.1) is 5.92 Å². The van der Waals surface area contributed by atoms with Gasteiger partial charge in [0, 0.05) is 18.7 Å². The number of imide groups is 1. The first-order valence-corrected chi connectivity index (χ1v) is 6.93. The van der Waals surface area contributed by atoms with Crippen LogP contribution in [0.1, 0.15) is 40.5 Å². The number of fused-ring (bicyclic) bond motifs is 1. The Hall–Kier alpha value is -2.21. The monoisotopic (exact) mass is 289 g/mol. The minimum Gasteiger partial charge on any atom is -0.330 e. The largest absolute Gasteiger partial charge is 0.330 e. The van der Waals surface area contributed by atoms with Gasteiger partial charge in [-0.15, -0.1) is 0 Å². The summed E-state index contributed by atoms with van der Waals surface area (Å²) in [7, 11) is 1.44. The van der Waals surface area contributed by atoms with E-state index in [4.69, 9.17) is 5.73 Å². The van der Waals surface area contributed by atoms with E-state index < -0.39 is 0 Å². The SMILES string of the molecule is CC(CCCN)C(=O)Nc1ccc2c(c1)C(=O)N(C)C2=O. The number of anilines is 1. The van der Waals surface area contributed by atoms with Gasteiger partial charge in [0.25, 0.3) is 11.8 Å². The fraction of sp³-hybridized carbons (Fsp3) is 0.400. The minimum absolute atomic E-state index is 0.117. The zero-order valence-electron chi connectivity index (χ0n) is 12.2. The zero-order chi connectivity index (χ0) is 15.6. The van der Waals surface area contributed by atoms with Gasteiger partial charge in [-0.2, -0.15) is 0 Å². The van der Waals surface area contributed by atoms with Crippen LogP contribution in [-0.2, 0) is 4.79 Å². The number of carbonyl (C=O) groups is 3. The van der Waals surface area contributed by atoms with Crippen LogP contribution in [0.25, 0.3) is 0 Å². The van der Waals surface area contributed by atoms with Gasteiger partial charge in [-0.05, 0) is 37.6 Å². The van der Waals surface area contributed by atoms with Crippen molar-refractivity contribution in [3.05, 3.63) is 29.3 Å². The lowest BCUT2D eigenvalue weighted by Crippen LogP contribution is -2.24. The minimum atomic E-state index is -0.345. The summed E-state index contributed by atoms with van der Waals surface area (Å²) in [6.07, 6.45) is 1.50. The highest BCUT2D eigenvalue weighted by molar-refractivity contribution is 6.21. The van der Waals surface area contributed by atoms with Crippen molar-refractivity contribution >= 4 is 23.4 Å². The molecule has 0 saturated carbocycles. The summed E-state index contributed by atoms with van der Waals surface area (Å²) in [5, 5.41) is 2.77. The standard InChI is InChI=1S/C15H19N3O3/c1-9(4-3-7-16)13(19)17-10-5-6-11-12(8-10)15(21)18(2)14(11)20/h5-6,8-9H,3-4,7,16H2,1-2H3,(H,17,19). The fourth-order valence-corrected chi connectivity index (χ4v) is 2.26. The molecule has 1 aliphatic heterocycles. The molecule has 2 rings (SSSR count). The lowest BCUT2D eigenvalue weighted by molar-refractivity contribution is -0.119. The van der Waals surface area contributed by atoms with Crippen LogP contribution in [0.2, 0.25) is 0 Å². The predicted octanol–water partition coefficient (Wildman–Crippen LogP) is 1.23.